The van der Waals surface area contributed by atoms with Gasteiger partial charge in [0.2, 0.25) is 6.33 Å². The van der Waals surface area contributed by atoms with Crippen LogP contribution < -0.4 is 4.57 Å². The van der Waals surface area contributed by atoms with Crippen LogP contribution in [0.15, 0.2) is 18.7 Å². The largest absolute Gasteiger partial charge is 0.243 e. The maximum absolute atomic E-state index is 2.15. The molecule has 2 nitrogen and oxygen atoms in total. The first kappa shape index (κ1) is 9.64. The Bertz CT molecular complexity index is 155. The number of nitrogens with zero attached hydrogens (tertiary/aromatic N) is 2. The summed E-state index contributed by atoms with van der Waals surface area (Å²) in [4.78, 5) is 0. The number of hydrogen-bond donors (Lipinski definition) is 0. The van der Waals surface area contributed by atoms with E-state index in [1.165, 1.54) is 0 Å². The SMILES string of the molecule is CPC.Cn1cc[n+](C)c1. The molecular formula is C7H16N2P+. The molecule has 0 atom stereocenters. The van der Waals surface area contributed by atoms with Crippen molar-refractivity contribution in [3.05, 3.63) is 18.7 Å². The molecule has 0 aliphatic heterocycles. The van der Waals surface area contributed by atoms with Crippen molar-refractivity contribution in [2.45, 2.75) is 0 Å². The van der Waals surface area contributed by atoms with Crippen LogP contribution >= 0.6 is 8.58 Å². The third-order valence-electron chi connectivity index (χ3n) is 0.901. The van der Waals surface area contributed by atoms with E-state index in [1.54, 1.807) is 0 Å². The van der Waals surface area contributed by atoms with Gasteiger partial charge in [-0.25, -0.2) is 9.13 Å². The van der Waals surface area contributed by atoms with Crippen molar-refractivity contribution >= 4 is 8.58 Å². The van der Waals surface area contributed by atoms with E-state index < -0.39 is 0 Å². The lowest BCUT2D eigenvalue weighted by Gasteiger charge is -1.72. The molecule has 10 heavy (non-hydrogen) atoms. The topological polar surface area (TPSA) is 8.81 Å². The number of imidazole rings is 1. The maximum atomic E-state index is 2.15. The highest BCUT2D eigenvalue weighted by Gasteiger charge is 1.87. The van der Waals surface area contributed by atoms with Gasteiger partial charge in [-0.2, -0.15) is 0 Å². The van der Waals surface area contributed by atoms with E-state index >= 15 is 0 Å². The zero-order valence-corrected chi connectivity index (χ0v) is 8.13. The van der Waals surface area contributed by atoms with Crippen molar-refractivity contribution in [2.24, 2.45) is 14.1 Å². The molecule has 0 N–H and O–H groups in total. The molecule has 0 spiro atoms. The first-order valence-electron chi connectivity index (χ1n) is 3.26. The lowest BCUT2D eigenvalue weighted by Crippen LogP contribution is -2.23. The van der Waals surface area contributed by atoms with E-state index in [-0.39, 0.29) is 0 Å². The average Bonchev–Trinajstić information content (AvgIpc) is 2.17. The lowest BCUT2D eigenvalue weighted by atomic mass is 10.9. The minimum Gasteiger partial charge on any atom is -0.240 e. The van der Waals surface area contributed by atoms with E-state index in [0.717, 1.165) is 8.58 Å². The summed E-state index contributed by atoms with van der Waals surface area (Å²) in [7, 11) is 5.08. The van der Waals surface area contributed by atoms with Crippen LogP contribution in [0.2, 0.25) is 0 Å². The number of aryl methyl sites for hydroxylation is 2. The minimum absolute atomic E-state index is 1.08. The van der Waals surface area contributed by atoms with Crippen LogP contribution in [0, 0.1) is 0 Å². The first-order chi connectivity index (χ1) is 4.70. The molecule has 0 aromatic carbocycles. The minimum atomic E-state index is 1.08. The molecule has 0 saturated heterocycles. The highest BCUT2D eigenvalue weighted by molar-refractivity contribution is 7.35. The Morgan fingerprint density at radius 2 is 1.90 bits per heavy atom. The third kappa shape index (κ3) is 4.51. The lowest BCUT2D eigenvalue weighted by molar-refractivity contribution is -0.670. The van der Waals surface area contributed by atoms with Crippen molar-refractivity contribution in [1.29, 1.82) is 0 Å². The Labute approximate surface area is 64.7 Å². The van der Waals surface area contributed by atoms with Gasteiger partial charge in [0.1, 0.15) is 12.4 Å². The molecule has 0 radical (unpaired) electrons. The first-order valence-corrected chi connectivity index (χ1v) is 5.26. The normalized spacial score (nSPS) is 8.40. The summed E-state index contributed by atoms with van der Waals surface area (Å²) in [5.41, 5.74) is 0. The van der Waals surface area contributed by atoms with Crippen LogP contribution in [-0.4, -0.2) is 17.9 Å². The van der Waals surface area contributed by atoms with Crippen LogP contribution in [0.25, 0.3) is 0 Å². The maximum Gasteiger partial charge on any atom is 0.243 e. The van der Waals surface area contributed by atoms with E-state index in [1.807, 2.05) is 42.0 Å². The Kier molecular flexibility index (Phi) is 5.23. The molecule has 0 bridgehead atoms. The van der Waals surface area contributed by atoms with Gasteiger partial charge in [-0.1, -0.05) is 0 Å². The van der Waals surface area contributed by atoms with Crippen molar-refractivity contribution in [3.8, 4) is 0 Å². The third-order valence-corrected chi connectivity index (χ3v) is 0.901. The van der Waals surface area contributed by atoms with E-state index in [2.05, 4.69) is 13.3 Å². The number of hydrogen-bond acceptors (Lipinski definition) is 0. The zero-order valence-electron chi connectivity index (χ0n) is 7.13. The molecule has 0 aliphatic carbocycles. The molecule has 1 rings (SSSR count). The summed E-state index contributed by atoms with van der Waals surface area (Å²) in [6.07, 6.45) is 6.00. The van der Waals surface area contributed by atoms with Crippen LogP contribution in [0.3, 0.4) is 0 Å². The summed E-state index contributed by atoms with van der Waals surface area (Å²) in [5.74, 6) is 0. The smallest absolute Gasteiger partial charge is 0.240 e. The van der Waals surface area contributed by atoms with Crippen LogP contribution in [0.5, 0.6) is 0 Å². The van der Waals surface area contributed by atoms with Crippen molar-refractivity contribution < 1.29 is 4.57 Å². The summed E-state index contributed by atoms with van der Waals surface area (Å²) in [6, 6.07) is 0. The van der Waals surface area contributed by atoms with E-state index in [9.17, 15) is 0 Å². The van der Waals surface area contributed by atoms with Gasteiger partial charge in [0, 0.05) is 0 Å². The van der Waals surface area contributed by atoms with Crippen LogP contribution in [0.1, 0.15) is 0 Å². The van der Waals surface area contributed by atoms with Crippen molar-refractivity contribution in [3.63, 3.8) is 0 Å². The van der Waals surface area contributed by atoms with Gasteiger partial charge in [0.15, 0.2) is 0 Å². The second-order valence-electron chi connectivity index (χ2n) is 2.24. The fourth-order valence-corrected chi connectivity index (χ4v) is 0.575. The highest BCUT2D eigenvalue weighted by atomic mass is 31.1. The standard InChI is InChI=1S/C5H9N2.C2H7P/c1-6-3-4-7(2)5-6;1-3-2/h3-5H,1-2H3;3H,1-2H3/q+1;. The molecule has 1 aromatic rings. The van der Waals surface area contributed by atoms with Gasteiger partial charge in [0.25, 0.3) is 0 Å². The van der Waals surface area contributed by atoms with Gasteiger partial charge < -0.3 is 0 Å². The molecule has 0 fully saturated rings. The number of aromatic nitrogens is 2. The van der Waals surface area contributed by atoms with Gasteiger partial charge >= 0.3 is 0 Å². The fraction of sp³-hybridized carbons (Fsp3) is 0.571. The molecule has 1 heterocycles. The predicted octanol–water partition coefficient (Wildman–Crippen LogP) is 0.774. The molecule has 1 aromatic heterocycles. The summed E-state index contributed by atoms with van der Waals surface area (Å²) in [5, 5.41) is 0. The Balaban J connectivity index is 0.000000236. The molecule has 0 aliphatic rings. The van der Waals surface area contributed by atoms with E-state index in [4.69, 9.17) is 0 Å². The average molecular weight is 159 g/mol. The fourth-order valence-electron chi connectivity index (χ4n) is 0.575. The van der Waals surface area contributed by atoms with E-state index in [0.29, 0.717) is 0 Å². The Morgan fingerprint density at radius 1 is 1.40 bits per heavy atom. The monoisotopic (exact) mass is 159 g/mol. The predicted molar refractivity (Wildman–Crippen MR) is 46.8 cm³/mol. The molecule has 0 amide bonds. The Hall–Kier alpha value is -0.360. The molecule has 0 saturated carbocycles. The summed E-state index contributed by atoms with van der Waals surface area (Å²) >= 11 is 0. The van der Waals surface area contributed by atoms with Gasteiger partial charge in [-0.3, -0.25) is 0 Å². The number of rotatable bonds is 0. The molecule has 3 heteroatoms. The molecule has 0 unspecified atom stereocenters. The highest BCUT2D eigenvalue weighted by Crippen LogP contribution is 1.84. The van der Waals surface area contributed by atoms with Gasteiger partial charge in [-0.15, -0.1) is 8.58 Å². The Morgan fingerprint density at radius 3 is 2.00 bits per heavy atom. The summed E-state index contributed by atoms with van der Waals surface area (Å²) < 4.78 is 4.00. The van der Waals surface area contributed by atoms with Crippen LogP contribution in [0.4, 0.5) is 0 Å². The van der Waals surface area contributed by atoms with Crippen molar-refractivity contribution in [1.82, 2.24) is 4.57 Å². The van der Waals surface area contributed by atoms with Gasteiger partial charge in [-0.05, 0) is 13.3 Å². The molecular weight excluding hydrogens is 143 g/mol. The second kappa shape index (κ2) is 5.43. The van der Waals surface area contributed by atoms with Gasteiger partial charge in [0.05, 0.1) is 14.1 Å². The van der Waals surface area contributed by atoms with Crippen molar-refractivity contribution in [2.75, 3.05) is 13.3 Å². The van der Waals surface area contributed by atoms with Crippen LogP contribution in [-0.2, 0) is 14.1 Å². The molecule has 58 valence electrons. The second-order valence-corrected chi connectivity index (χ2v) is 3.24. The zero-order chi connectivity index (χ0) is 7.98. The summed E-state index contributed by atoms with van der Waals surface area (Å²) in [6.45, 7) is 4.31. The quantitative estimate of drug-likeness (QED) is 0.390.